The molecule has 0 aliphatic carbocycles. The summed E-state index contributed by atoms with van der Waals surface area (Å²) >= 11 is 0. The zero-order chi connectivity index (χ0) is 9.90. The number of hydrogen-bond acceptors (Lipinski definition) is 4. The quantitative estimate of drug-likeness (QED) is 0.585. The number of nitrogens with zero attached hydrogens (tertiary/aromatic N) is 1. The highest BCUT2D eigenvalue weighted by molar-refractivity contribution is 7.91. The smallest absolute Gasteiger partial charge is 0.224 e. The van der Waals surface area contributed by atoms with Crippen LogP contribution in [0.1, 0.15) is 6.42 Å². The van der Waals surface area contributed by atoms with Crippen molar-refractivity contribution in [3.63, 3.8) is 0 Å². The van der Waals surface area contributed by atoms with E-state index < -0.39 is 15.8 Å². The SMILES string of the molecule is N#CCNC(=O)C1CCS(=O)(=O)C1. The molecule has 1 unspecified atom stereocenters. The van der Waals surface area contributed by atoms with E-state index in [1.165, 1.54) is 0 Å². The van der Waals surface area contributed by atoms with Gasteiger partial charge in [0.05, 0.1) is 23.5 Å². The molecule has 1 saturated heterocycles. The van der Waals surface area contributed by atoms with Gasteiger partial charge in [0.2, 0.25) is 5.91 Å². The van der Waals surface area contributed by atoms with Crippen LogP contribution in [0.25, 0.3) is 0 Å². The van der Waals surface area contributed by atoms with Crippen molar-refractivity contribution < 1.29 is 13.2 Å². The third-order valence-electron chi connectivity index (χ3n) is 1.94. The van der Waals surface area contributed by atoms with Crippen molar-refractivity contribution in [3.8, 4) is 6.07 Å². The van der Waals surface area contributed by atoms with E-state index in [0.717, 1.165) is 0 Å². The van der Waals surface area contributed by atoms with E-state index in [1.807, 2.05) is 0 Å². The summed E-state index contributed by atoms with van der Waals surface area (Å²) in [4.78, 5) is 11.2. The van der Waals surface area contributed by atoms with Gasteiger partial charge in [-0.2, -0.15) is 5.26 Å². The number of sulfone groups is 1. The molecule has 1 amide bonds. The molecule has 1 aliphatic rings. The van der Waals surface area contributed by atoms with Crippen LogP contribution < -0.4 is 5.32 Å². The topological polar surface area (TPSA) is 87.0 Å². The molecule has 0 radical (unpaired) electrons. The Morgan fingerprint density at radius 2 is 2.31 bits per heavy atom. The summed E-state index contributed by atoms with van der Waals surface area (Å²) < 4.78 is 21.9. The first-order chi connectivity index (χ1) is 6.05. The molecule has 0 spiro atoms. The molecule has 1 atom stereocenters. The Bertz CT molecular complexity index is 341. The molecule has 1 aliphatic heterocycles. The van der Waals surface area contributed by atoms with Gasteiger partial charge in [-0.3, -0.25) is 4.79 Å². The molecule has 1 rings (SSSR count). The lowest BCUT2D eigenvalue weighted by atomic mass is 10.1. The standard InChI is InChI=1S/C7H10N2O3S/c8-2-3-9-7(10)6-1-4-13(11,12)5-6/h6H,1,3-5H2,(H,9,10). The minimum absolute atomic E-state index is 0.0601. The molecule has 13 heavy (non-hydrogen) atoms. The van der Waals surface area contributed by atoms with E-state index in [9.17, 15) is 13.2 Å². The second-order valence-corrected chi connectivity index (χ2v) is 5.20. The summed E-state index contributed by atoms with van der Waals surface area (Å²) in [6.07, 6.45) is 0.375. The number of nitrogens with one attached hydrogen (secondary N) is 1. The van der Waals surface area contributed by atoms with Crippen LogP contribution in [-0.2, 0) is 14.6 Å². The van der Waals surface area contributed by atoms with Gasteiger partial charge in [-0.25, -0.2) is 8.42 Å². The third-order valence-corrected chi connectivity index (χ3v) is 3.71. The molecular weight excluding hydrogens is 192 g/mol. The molecule has 6 heteroatoms. The second-order valence-electron chi connectivity index (χ2n) is 2.98. The maximum absolute atomic E-state index is 11.2. The molecule has 1 heterocycles. The molecule has 0 aromatic carbocycles. The van der Waals surface area contributed by atoms with Gasteiger partial charge < -0.3 is 5.32 Å². The summed E-state index contributed by atoms with van der Waals surface area (Å²) in [6.45, 7) is -0.0601. The maximum atomic E-state index is 11.2. The average molecular weight is 202 g/mol. The van der Waals surface area contributed by atoms with E-state index in [4.69, 9.17) is 5.26 Å². The van der Waals surface area contributed by atoms with Crippen molar-refractivity contribution in [3.05, 3.63) is 0 Å². The third kappa shape index (κ3) is 2.70. The Hall–Kier alpha value is -1.09. The van der Waals surface area contributed by atoms with Gasteiger partial charge in [0, 0.05) is 0 Å². The van der Waals surface area contributed by atoms with E-state index in [2.05, 4.69) is 5.32 Å². The Balaban J connectivity index is 2.48. The lowest BCUT2D eigenvalue weighted by molar-refractivity contribution is -0.124. The number of carbonyl (C=O) groups is 1. The number of nitriles is 1. The lowest BCUT2D eigenvalue weighted by Gasteiger charge is -2.05. The summed E-state index contributed by atoms with van der Waals surface area (Å²) in [7, 11) is -3.01. The van der Waals surface area contributed by atoms with Gasteiger partial charge in [0.1, 0.15) is 6.54 Å². The fourth-order valence-electron chi connectivity index (χ4n) is 1.27. The van der Waals surface area contributed by atoms with Crippen LogP contribution in [0.5, 0.6) is 0 Å². The average Bonchev–Trinajstić information content (AvgIpc) is 2.42. The minimum atomic E-state index is -3.01. The number of amides is 1. The van der Waals surface area contributed by atoms with Crippen molar-refractivity contribution in [1.82, 2.24) is 5.32 Å². The molecule has 0 aromatic rings. The zero-order valence-corrected chi connectivity index (χ0v) is 7.80. The minimum Gasteiger partial charge on any atom is -0.343 e. The Labute approximate surface area is 76.7 Å². The highest BCUT2D eigenvalue weighted by Crippen LogP contribution is 2.17. The predicted octanol–water partition coefficient (Wildman–Crippen LogP) is -0.939. The summed E-state index contributed by atoms with van der Waals surface area (Å²) in [5.74, 6) is -0.789. The highest BCUT2D eigenvalue weighted by Gasteiger charge is 2.32. The van der Waals surface area contributed by atoms with Crippen LogP contribution in [0.4, 0.5) is 0 Å². The number of rotatable bonds is 2. The van der Waals surface area contributed by atoms with Crippen LogP contribution >= 0.6 is 0 Å². The van der Waals surface area contributed by atoms with Crippen molar-refractivity contribution in [2.45, 2.75) is 6.42 Å². The van der Waals surface area contributed by atoms with Gasteiger partial charge in [0.25, 0.3) is 0 Å². The lowest BCUT2D eigenvalue weighted by Crippen LogP contribution is -2.31. The first-order valence-electron chi connectivity index (χ1n) is 3.90. The normalized spacial score (nSPS) is 25.0. The van der Waals surface area contributed by atoms with Gasteiger partial charge in [-0.05, 0) is 6.42 Å². The van der Waals surface area contributed by atoms with Crippen molar-refractivity contribution in [2.24, 2.45) is 5.92 Å². The van der Waals surface area contributed by atoms with Crippen molar-refractivity contribution >= 4 is 15.7 Å². The zero-order valence-electron chi connectivity index (χ0n) is 6.99. The first-order valence-corrected chi connectivity index (χ1v) is 5.72. The summed E-state index contributed by atoms with van der Waals surface area (Å²) in [5, 5.41) is 10.5. The van der Waals surface area contributed by atoms with Crippen molar-refractivity contribution in [1.29, 1.82) is 5.26 Å². The molecule has 0 saturated carbocycles. The van der Waals surface area contributed by atoms with E-state index in [-0.39, 0.29) is 24.0 Å². The second kappa shape index (κ2) is 3.75. The first kappa shape index (κ1) is 9.99. The highest BCUT2D eigenvalue weighted by atomic mass is 32.2. The fourth-order valence-corrected chi connectivity index (χ4v) is 3.01. The van der Waals surface area contributed by atoms with E-state index in [0.29, 0.717) is 6.42 Å². The van der Waals surface area contributed by atoms with Crippen LogP contribution in [0, 0.1) is 17.2 Å². The van der Waals surface area contributed by atoms with Gasteiger partial charge in [-0.15, -0.1) is 0 Å². The molecule has 1 N–H and O–H groups in total. The molecular formula is C7H10N2O3S. The van der Waals surface area contributed by atoms with Crippen LogP contribution in [-0.4, -0.2) is 32.4 Å². The molecule has 72 valence electrons. The largest absolute Gasteiger partial charge is 0.343 e. The molecule has 1 fully saturated rings. The van der Waals surface area contributed by atoms with Gasteiger partial charge in [-0.1, -0.05) is 0 Å². The number of hydrogen-bond donors (Lipinski definition) is 1. The summed E-state index contributed by atoms with van der Waals surface area (Å²) in [6, 6.07) is 1.76. The van der Waals surface area contributed by atoms with E-state index in [1.54, 1.807) is 6.07 Å². The molecule has 0 aromatic heterocycles. The Morgan fingerprint density at radius 1 is 1.62 bits per heavy atom. The number of carbonyl (C=O) groups excluding carboxylic acids is 1. The maximum Gasteiger partial charge on any atom is 0.224 e. The van der Waals surface area contributed by atoms with Crippen LogP contribution in [0.2, 0.25) is 0 Å². The molecule has 5 nitrogen and oxygen atoms in total. The summed E-state index contributed by atoms with van der Waals surface area (Å²) in [5.41, 5.74) is 0. The van der Waals surface area contributed by atoms with Crippen LogP contribution in [0.15, 0.2) is 0 Å². The van der Waals surface area contributed by atoms with Gasteiger partial charge >= 0.3 is 0 Å². The van der Waals surface area contributed by atoms with Gasteiger partial charge in [0.15, 0.2) is 9.84 Å². The Morgan fingerprint density at radius 3 is 2.77 bits per heavy atom. The predicted molar refractivity (Wildman–Crippen MR) is 45.4 cm³/mol. The van der Waals surface area contributed by atoms with Crippen LogP contribution in [0.3, 0.4) is 0 Å². The van der Waals surface area contributed by atoms with E-state index >= 15 is 0 Å². The van der Waals surface area contributed by atoms with Crippen molar-refractivity contribution in [2.75, 3.05) is 18.1 Å². The fraction of sp³-hybridized carbons (Fsp3) is 0.714. The Kier molecular flexibility index (Phi) is 2.88. The monoisotopic (exact) mass is 202 g/mol. The molecule has 0 bridgehead atoms.